The molecule has 1 aromatic carbocycles. The zero-order valence-corrected chi connectivity index (χ0v) is 22.7. The predicted molar refractivity (Wildman–Crippen MR) is 134 cm³/mol. The number of allylic oxidation sites excluding steroid dienone is 2. The maximum Gasteiger partial charge on any atom is 0.534 e. The van der Waals surface area contributed by atoms with Crippen LogP contribution in [0.2, 0.25) is 0 Å². The fourth-order valence-corrected chi connectivity index (χ4v) is 4.01. The van der Waals surface area contributed by atoms with Gasteiger partial charge in [0.2, 0.25) is 5.88 Å². The molecule has 0 saturated heterocycles. The number of hydrogen-bond acceptors (Lipinski definition) is 6. The van der Waals surface area contributed by atoms with E-state index in [4.69, 9.17) is 9.84 Å². The van der Waals surface area contributed by atoms with Crippen LogP contribution in [-0.4, -0.2) is 59.7 Å². The summed E-state index contributed by atoms with van der Waals surface area (Å²) in [6.45, 7) is 10.0. The van der Waals surface area contributed by atoms with Gasteiger partial charge in [-0.05, 0) is 57.1 Å². The number of carbonyl (C=O) groups excluding carboxylic acids is 1. The number of carbonyl (C=O) groups is 2. The van der Waals surface area contributed by atoms with Crippen molar-refractivity contribution in [1.29, 1.82) is 0 Å². The highest BCUT2D eigenvalue weighted by molar-refractivity contribution is 7.87. The quantitative estimate of drug-likeness (QED) is 0.354. The maximum atomic E-state index is 12.4. The van der Waals surface area contributed by atoms with Crippen molar-refractivity contribution in [3.8, 4) is 0 Å². The normalized spacial score (nSPS) is 20.4. The van der Waals surface area contributed by atoms with Crippen LogP contribution in [0.3, 0.4) is 0 Å². The third-order valence-electron chi connectivity index (χ3n) is 5.44. The van der Waals surface area contributed by atoms with Crippen molar-refractivity contribution < 1.29 is 45.2 Å². The lowest BCUT2D eigenvalue weighted by Gasteiger charge is -2.33. The van der Waals surface area contributed by atoms with Crippen LogP contribution in [0.4, 0.5) is 22.8 Å². The topological polar surface area (TPSA) is 113 Å². The molecule has 0 aliphatic carbocycles. The summed E-state index contributed by atoms with van der Waals surface area (Å²) >= 11 is 0. The van der Waals surface area contributed by atoms with Gasteiger partial charge in [0.15, 0.2) is 0 Å². The molecule has 0 radical (unpaired) electrons. The lowest BCUT2D eigenvalue weighted by atomic mass is 9.98. The molecule has 1 N–H and O–H groups in total. The molecule has 2 aliphatic heterocycles. The zero-order valence-electron chi connectivity index (χ0n) is 21.9. The monoisotopic (exact) mass is 562 g/mol. The molecule has 2 heterocycles. The Kier molecular flexibility index (Phi) is 9.87. The molecule has 2 aliphatic rings. The highest BCUT2D eigenvalue weighted by Gasteiger charge is 2.50. The van der Waals surface area contributed by atoms with Gasteiger partial charge in [0.25, 0.3) is 0 Å². The Morgan fingerprint density at radius 3 is 1.97 bits per heavy atom. The summed E-state index contributed by atoms with van der Waals surface area (Å²) in [5, 5.41) is 8.72. The number of alkyl halides is 3. The van der Waals surface area contributed by atoms with E-state index in [-0.39, 0.29) is 18.6 Å². The van der Waals surface area contributed by atoms with Crippen LogP contribution in [0.15, 0.2) is 48.4 Å². The van der Waals surface area contributed by atoms with E-state index in [1.54, 1.807) is 11.8 Å². The van der Waals surface area contributed by atoms with Crippen LogP contribution in [0, 0.1) is 11.8 Å². The standard InChI is InChI=1S/C17H23NO2.C8H10F3NO5S/c1-13-10-11-18(16(19)20-17(2,3)4)15(12-13)14-8-6-5-7-9-14;1-5-2-3-12(7(13)14)6(4-5)17-18(15,16)8(9,10)11/h5-9,12-13H,10-11H2,1-4H3;4-5H,2-3H2,1H3,(H,13,14)/t13-;5-/m00/s1. The Labute approximate surface area is 220 Å². The SMILES string of the molecule is C[C@@H]1C=C(OS(=O)(=O)C(F)(F)F)N(C(=O)O)CC1.C[C@@H]1C=C(c2ccccc2)N(C(=O)OC(C)(C)C)CC1. The number of ether oxygens (including phenoxy) is 1. The highest BCUT2D eigenvalue weighted by atomic mass is 32.2. The Morgan fingerprint density at radius 1 is 0.947 bits per heavy atom. The third-order valence-corrected chi connectivity index (χ3v) is 6.39. The number of amides is 2. The van der Waals surface area contributed by atoms with E-state index in [0.29, 0.717) is 23.8 Å². The number of halogens is 3. The Hall–Kier alpha value is -3.22. The first-order valence-electron chi connectivity index (χ1n) is 11.9. The van der Waals surface area contributed by atoms with Crippen LogP contribution >= 0.6 is 0 Å². The lowest BCUT2D eigenvalue weighted by molar-refractivity contribution is -0.0538. The van der Waals surface area contributed by atoms with Gasteiger partial charge < -0.3 is 14.0 Å². The zero-order chi connectivity index (χ0) is 28.9. The lowest BCUT2D eigenvalue weighted by Crippen LogP contribution is -2.38. The van der Waals surface area contributed by atoms with E-state index < -0.39 is 33.2 Å². The summed E-state index contributed by atoms with van der Waals surface area (Å²) in [5.74, 6) is -0.637. The molecule has 13 heteroatoms. The first kappa shape index (κ1) is 31.0. The summed E-state index contributed by atoms with van der Waals surface area (Å²) in [6, 6.07) is 10.0. The first-order chi connectivity index (χ1) is 17.4. The highest BCUT2D eigenvalue weighted by Crippen LogP contribution is 2.31. The van der Waals surface area contributed by atoms with Crippen molar-refractivity contribution in [3.05, 3.63) is 53.9 Å². The van der Waals surface area contributed by atoms with Crippen LogP contribution in [0.5, 0.6) is 0 Å². The summed E-state index contributed by atoms with van der Waals surface area (Å²) in [5.41, 5.74) is -4.05. The summed E-state index contributed by atoms with van der Waals surface area (Å²) in [7, 11) is -5.86. The second-order valence-corrected chi connectivity index (χ2v) is 11.5. The smallest absolute Gasteiger partial charge is 0.465 e. The second-order valence-electron chi connectivity index (χ2n) is 10.0. The maximum absolute atomic E-state index is 12.4. The van der Waals surface area contributed by atoms with Gasteiger partial charge in [0.1, 0.15) is 5.60 Å². The number of carboxylic acid groups (broad SMARTS) is 1. The Morgan fingerprint density at radius 2 is 1.47 bits per heavy atom. The van der Waals surface area contributed by atoms with Crippen molar-refractivity contribution in [2.75, 3.05) is 13.1 Å². The van der Waals surface area contributed by atoms with Gasteiger partial charge in [-0.25, -0.2) is 14.5 Å². The third kappa shape index (κ3) is 8.67. The van der Waals surface area contributed by atoms with Crippen LogP contribution in [0.1, 0.15) is 53.0 Å². The van der Waals surface area contributed by atoms with Crippen LogP contribution < -0.4 is 0 Å². The van der Waals surface area contributed by atoms with Crippen molar-refractivity contribution >= 4 is 28.0 Å². The fraction of sp³-hybridized carbons (Fsp3) is 0.520. The van der Waals surface area contributed by atoms with Crippen molar-refractivity contribution in [2.45, 2.75) is 58.6 Å². The van der Waals surface area contributed by atoms with E-state index in [0.717, 1.165) is 23.8 Å². The van der Waals surface area contributed by atoms with Gasteiger partial charge in [-0.3, -0.25) is 4.90 Å². The van der Waals surface area contributed by atoms with E-state index in [1.165, 1.54) is 0 Å². The molecule has 0 aromatic heterocycles. The van der Waals surface area contributed by atoms with E-state index in [1.807, 2.05) is 51.1 Å². The predicted octanol–water partition coefficient (Wildman–Crippen LogP) is 6.02. The number of benzene rings is 1. The average molecular weight is 563 g/mol. The van der Waals surface area contributed by atoms with Crippen molar-refractivity contribution in [1.82, 2.24) is 9.80 Å². The van der Waals surface area contributed by atoms with E-state index >= 15 is 0 Å². The van der Waals surface area contributed by atoms with Gasteiger partial charge in [-0.15, -0.1) is 0 Å². The first-order valence-corrected chi connectivity index (χ1v) is 13.3. The minimum atomic E-state index is -5.86. The molecule has 2 amide bonds. The van der Waals surface area contributed by atoms with Gasteiger partial charge in [0.05, 0.1) is 5.70 Å². The molecule has 0 fully saturated rings. The molecule has 0 unspecified atom stereocenters. The molecule has 0 saturated carbocycles. The molecule has 0 bridgehead atoms. The molecule has 1 aromatic rings. The van der Waals surface area contributed by atoms with Crippen LogP contribution in [0.25, 0.3) is 5.70 Å². The van der Waals surface area contributed by atoms with E-state index in [2.05, 4.69) is 17.2 Å². The minimum Gasteiger partial charge on any atom is -0.465 e. The molecule has 9 nitrogen and oxygen atoms in total. The van der Waals surface area contributed by atoms with Gasteiger partial charge >= 0.3 is 27.8 Å². The number of rotatable bonds is 3. The van der Waals surface area contributed by atoms with Gasteiger partial charge in [-0.2, -0.15) is 21.6 Å². The molecule has 2 atom stereocenters. The second kappa shape index (κ2) is 12.1. The van der Waals surface area contributed by atoms with Crippen molar-refractivity contribution in [3.63, 3.8) is 0 Å². The van der Waals surface area contributed by atoms with Gasteiger partial charge in [0, 0.05) is 13.1 Å². The van der Waals surface area contributed by atoms with E-state index in [9.17, 15) is 31.2 Å². The average Bonchev–Trinajstić information content (AvgIpc) is 2.77. The van der Waals surface area contributed by atoms with Gasteiger partial charge in [-0.1, -0.05) is 50.3 Å². The fourth-order valence-electron chi connectivity index (χ4n) is 3.55. The molecular weight excluding hydrogens is 529 g/mol. The largest absolute Gasteiger partial charge is 0.534 e. The molecule has 212 valence electrons. The molecule has 38 heavy (non-hydrogen) atoms. The number of hydrogen-bond donors (Lipinski definition) is 1. The number of nitrogens with zero attached hydrogens (tertiary/aromatic N) is 2. The summed E-state index contributed by atoms with van der Waals surface area (Å²) in [6.07, 6.45) is 2.68. The molecule has 3 rings (SSSR count). The summed E-state index contributed by atoms with van der Waals surface area (Å²) in [4.78, 5) is 25.3. The Bertz CT molecular complexity index is 1160. The Balaban J connectivity index is 0.000000269. The molecular formula is C25H33F3N2O7S. The summed E-state index contributed by atoms with van der Waals surface area (Å²) < 4.78 is 67.2. The molecule has 0 spiro atoms. The van der Waals surface area contributed by atoms with Crippen molar-refractivity contribution in [2.24, 2.45) is 11.8 Å². The van der Waals surface area contributed by atoms with Crippen LogP contribution in [-0.2, 0) is 19.0 Å². The minimum absolute atomic E-state index is 0.129.